The number of carbonyl (C=O) groups is 1. The Bertz CT molecular complexity index is 782. The number of hydrogen-bond acceptors (Lipinski definition) is 5. The van der Waals surface area contributed by atoms with E-state index in [1.54, 1.807) is 22.8 Å². The maximum atomic E-state index is 12.9. The smallest absolute Gasteiger partial charge is 0.247 e. The molecule has 0 radical (unpaired) electrons. The molecule has 0 aliphatic rings. The number of rotatable bonds is 6. The highest BCUT2D eigenvalue weighted by Gasteiger charge is 2.25. The van der Waals surface area contributed by atoms with E-state index >= 15 is 0 Å². The van der Waals surface area contributed by atoms with Crippen molar-refractivity contribution in [1.29, 1.82) is 0 Å². The number of benzene rings is 1. The van der Waals surface area contributed by atoms with Crippen molar-refractivity contribution < 1.29 is 4.79 Å². The van der Waals surface area contributed by atoms with Gasteiger partial charge in [0.05, 0.1) is 6.20 Å². The number of likely N-dealkylation sites (N-methyl/N-ethyl adjacent to an activating group) is 1. The van der Waals surface area contributed by atoms with Crippen molar-refractivity contribution >= 4 is 5.91 Å². The topological polar surface area (TPSA) is 81.7 Å². The first-order valence-corrected chi connectivity index (χ1v) is 7.62. The summed E-state index contributed by atoms with van der Waals surface area (Å²) < 4.78 is 3.23. The van der Waals surface area contributed by atoms with Gasteiger partial charge < -0.3 is 4.90 Å². The molecule has 0 aliphatic heterocycles. The fraction of sp³-hybridized carbons (Fsp3) is 0.312. The van der Waals surface area contributed by atoms with Crippen LogP contribution in [-0.4, -0.2) is 47.8 Å². The molecule has 0 saturated carbocycles. The van der Waals surface area contributed by atoms with E-state index in [1.165, 1.54) is 11.0 Å². The Labute approximate surface area is 139 Å². The number of aromatic nitrogens is 6. The number of aryl methyl sites for hydroxylation is 1. The molecule has 1 atom stereocenters. The van der Waals surface area contributed by atoms with Crippen molar-refractivity contribution in [3.63, 3.8) is 0 Å². The van der Waals surface area contributed by atoms with Crippen molar-refractivity contribution in [3.8, 4) is 0 Å². The maximum absolute atomic E-state index is 12.9. The molecular weight excluding hydrogens is 306 g/mol. The largest absolute Gasteiger partial charge is 0.339 e. The first-order chi connectivity index (χ1) is 11.6. The van der Waals surface area contributed by atoms with Crippen molar-refractivity contribution in [2.45, 2.75) is 19.0 Å². The zero-order chi connectivity index (χ0) is 16.9. The lowest BCUT2D eigenvalue weighted by Crippen LogP contribution is -2.35. The lowest BCUT2D eigenvalue weighted by molar-refractivity contribution is -0.134. The van der Waals surface area contributed by atoms with Crippen LogP contribution in [0.25, 0.3) is 0 Å². The molecule has 0 aliphatic carbocycles. The van der Waals surface area contributed by atoms with Gasteiger partial charge >= 0.3 is 0 Å². The third-order valence-electron chi connectivity index (χ3n) is 3.80. The van der Waals surface area contributed by atoms with Crippen LogP contribution in [0.3, 0.4) is 0 Å². The predicted octanol–water partition coefficient (Wildman–Crippen LogP) is 0.849. The van der Waals surface area contributed by atoms with Gasteiger partial charge in [-0.25, -0.2) is 4.68 Å². The average molecular weight is 325 g/mol. The summed E-state index contributed by atoms with van der Waals surface area (Å²) >= 11 is 0. The van der Waals surface area contributed by atoms with Crippen molar-refractivity contribution in [2.24, 2.45) is 7.05 Å². The number of tetrazole rings is 1. The van der Waals surface area contributed by atoms with Crippen LogP contribution in [0.2, 0.25) is 0 Å². The molecule has 24 heavy (non-hydrogen) atoms. The molecule has 8 heteroatoms. The highest BCUT2D eigenvalue weighted by atomic mass is 16.2. The molecule has 0 saturated heterocycles. The minimum Gasteiger partial charge on any atom is -0.339 e. The Hall–Kier alpha value is -3.03. The zero-order valence-corrected chi connectivity index (χ0v) is 13.6. The third kappa shape index (κ3) is 3.65. The molecule has 0 fully saturated rings. The Kier molecular flexibility index (Phi) is 4.64. The summed E-state index contributed by atoms with van der Waals surface area (Å²) in [7, 11) is 3.63. The van der Waals surface area contributed by atoms with E-state index in [-0.39, 0.29) is 5.91 Å². The van der Waals surface area contributed by atoms with Gasteiger partial charge in [-0.15, -0.1) is 5.10 Å². The summed E-state index contributed by atoms with van der Waals surface area (Å²) in [6.45, 7) is 0.486. The summed E-state index contributed by atoms with van der Waals surface area (Å²) in [4.78, 5) is 14.6. The third-order valence-corrected chi connectivity index (χ3v) is 3.80. The van der Waals surface area contributed by atoms with Crippen molar-refractivity contribution in [1.82, 2.24) is 34.9 Å². The van der Waals surface area contributed by atoms with Crippen LogP contribution in [-0.2, 0) is 24.8 Å². The molecule has 1 unspecified atom stereocenters. The van der Waals surface area contributed by atoms with E-state index in [4.69, 9.17) is 0 Å². The highest BCUT2D eigenvalue weighted by Crippen LogP contribution is 2.16. The van der Waals surface area contributed by atoms with Crippen LogP contribution in [0.4, 0.5) is 0 Å². The second-order valence-corrected chi connectivity index (χ2v) is 5.71. The first kappa shape index (κ1) is 15.9. The van der Waals surface area contributed by atoms with Crippen LogP contribution in [0.5, 0.6) is 0 Å². The molecule has 3 rings (SSSR count). The Morgan fingerprint density at radius 1 is 1.25 bits per heavy atom. The van der Waals surface area contributed by atoms with E-state index in [0.717, 1.165) is 11.1 Å². The van der Waals surface area contributed by atoms with Crippen LogP contribution in [0.15, 0.2) is 49.1 Å². The molecular formula is C16H19N7O. The maximum Gasteiger partial charge on any atom is 0.247 e. The summed E-state index contributed by atoms with van der Waals surface area (Å²) in [6, 6.07) is 9.36. The number of hydrogen-bond donors (Lipinski definition) is 0. The number of amides is 1. The van der Waals surface area contributed by atoms with E-state index in [2.05, 4.69) is 20.6 Å². The molecule has 0 spiro atoms. The van der Waals surface area contributed by atoms with Gasteiger partial charge in [-0.05, 0) is 16.0 Å². The van der Waals surface area contributed by atoms with E-state index in [9.17, 15) is 4.79 Å². The Morgan fingerprint density at radius 3 is 2.67 bits per heavy atom. The molecule has 3 aromatic rings. The normalized spacial score (nSPS) is 12.1. The number of nitrogens with zero attached hydrogens (tertiary/aromatic N) is 7. The van der Waals surface area contributed by atoms with Gasteiger partial charge in [-0.1, -0.05) is 30.3 Å². The van der Waals surface area contributed by atoms with Crippen molar-refractivity contribution in [3.05, 3.63) is 60.2 Å². The SMILES string of the molecule is CN(Cc1cnn(C)c1)C(=O)C(Cc1ccccc1)n1cnnn1. The molecule has 124 valence electrons. The molecule has 2 aromatic heterocycles. The van der Waals surface area contributed by atoms with E-state index < -0.39 is 6.04 Å². The Morgan fingerprint density at radius 2 is 2.04 bits per heavy atom. The average Bonchev–Trinajstić information content (AvgIpc) is 3.25. The fourth-order valence-corrected chi connectivity index (χ4v) is 2.60. The van der Waals surface area contributed by atoms with Gasteiger partial charge in [0.2, 0.25) is 5.91 Å². The molecule has 0 bridgehead atoms. The Balaban J connectivity index is 1.78. The summed E-state index contributed by atoms with van der Waals surface area (Å²) in [5.41, 5.74) is 2.03. The minimum absolute atomic E-state index is 0.0463. The van der Waals surface area contributed by atoms with Gasteiger partial charge in [-0.2, -0.15) is 5.10 Å². The van der Waals surface area contributed by atoms with Gasteiger partial charge in [0, 0.05) is 38.8 Å². The molecule has 1 aromatic carbocycles. The molecule has 1 amide bonds. The molecule has 2 heterocycles. The van der Waals surface area contributed by atoms with E-state index in [0.29, 0.717) is 13.0 Å². The van der Waals surface area contributed by atoms with Gasteiger partial charge in [-0.3, -0.25) is 9.48 Å². The second-order valence-electron chi connectivity index (χ2n) is 5.71. The lowest BCUT2D eigenvalue weighted by atomic mass is 10.0. The monoisotopic (exact) mass is 325 g/mol. The lowest BCUT2D eigenvalue weighted by Gasteiger charge is -2.23. The predicted molar refractivity (Wildman–Crippen MR) is 86.7 cm³/mol. The molecule has 8 nitrogen and oxygen atoms in total. The quantitative estimate of drug-likeness (QED) is 0.671. The van der Waals surface area contributed by atoms with Crippen LogP contribution in [0, 0.1) is 0 Å². The minimum atomic E-state index is -0.482. The fourth-order valence-electron chi connectivity index (χ4n) is 2.60. The zero-order valence-electron chi connectivity index (χ0n) is 13.6. The summed E-state index contributed by atoms with van der Waals surface area (Å²) in [5, 5.41) is 15.4. The van der Waals surface area contributed by atoms with Gasteiger partial charge in [0.15, 0.2) is 0 Å². The number of carbonyl (C=O) groups excluding carboxylic acids is 1. The van der Waals surface area contributed by atoms with Crippen LogP contribution in [0.1, 0.15) is 17.2 Å². The first-order valence-electron chi connectivity index (χ1n) is 7.62. The second kappa shape index (κ2) is 7.03. The highest BCUT2D eigenvalue weighted by molar-refractivity contribution is 5.80. The van der Waals surface area contributed by atoms with Crippen LogP contribution >= 0.6 is 0 Å². The van der Waals surface area contributed by atoms with Gasteiger partial charge in [0.1, 0.15) is 12.4 Å². The van der Waals surface area contributed by atoms with Crippen LogP contribution < -0.4 is 0 Å². The standard InChI is InChI=1S/C16H19N7O/c1-21(10-14-9-18-22(2)11-14)16(24)15(23-12-17-19-20-23)8-13-6-4-3-5-7-13/h3-7,9,11-12,15H,8,10H2,1-2H3. The van der Waals surface area contributed by atoms with Crippen molar-refractivity contribution in [2.75, 3.05) is 7.05 Å². The van der Waals surface area contributed by atoms with Gasteiger partial charge in [0.25, 0.3) is 0 Å². The summed E-state index contributed by atoms with van der Waals surface area (Å²) in [5.74, 6) is -0.0463. The van der Waals surface area contributed by atoms with E-state index in [1.807, 2.05) is 43.6 Å². The molecule has 0 N–H and O–H groups in total. The summed E-state index contributed by atoms with van der Waals surface area (Å²) in [6.07, 6.45) is 5.66.